The van der Waals surface area contributed by atoms with Gasteiger partial charge in [-0.1, -0.05) is 18.7 Å². The van der Waals surface area contributed by atoms with Gasteiger partial charge in [-0.3, -0.25) is 4.79 Å². The van der Waals surface area contributed by atoms with Crippen LogP contribution in [0.3, 0.4) is 0 Å². The van der Waals surface area contributed by atoms with E-state index >= 15 is 0 Å². The van der Waals surface area contributed by atoms with Crippen LogP contribution in [0.25, 0.3) is 11.0 Å². The first-order chi connectivity index (χ1) is 7.16. The number of aromatic amines is 1. The predicted octanol–water partition coefficient (Wildman–Crippen LogP) is 2.04. The Bertz CT molecular complexity index is 494. The van der Waals surface area contributed by atoms with E-state index in [0.29, 0.717) is 6.54 Å². The highest BCUT2D eigenvalue weighted by Crippen LogP contribution is 2.13. The van der Waals surface area contributed by atoms with Gasteiger partial charge in [0, 0.05) is 13.6 Å². The molecule has 15 heavy (non-hydrogen) atoms. The Morgan fingerprint density at radius 3 is 3.13 bits per heavy atom. The average Bonchev–Trinajstić information content (AvgIpc) is 2.64. The van der Waals surface area contributed by atoms with Crippen LogP contribution in [-0.2, 0) is 6.54 Å². The van der Waals surface area contributed by atoms with Crippen molar-refractivity contribution in [1.82, 2.24) is 14.9 Å². The lowest BCUT2D eigenvalue weighted by Crippen LogP contribution is -2.20. The normalized spacial score (nSPS) is 10.5. The number of hydrogen-bond acceptors (Lipinski definition) is 2. The van der Waals surface area contributed by atoms with Crippen molar-refractivity contribution in [3.8, 4) is 0 Å². The highest BCUT2D eigenvalue weighted by atomic mass is 32.1. The molecule has 1 amide bonds. The molecular formula is C10H11N3OS. The molecule has 0 bridgehead atoms. The summed E-state index contributed by atoms with van der Waals surface area (Å²) in [6, 6.07) is 5.87. The second kappa shape index (κ2) is 3.94. The fourth-order valence-corrected chi connectivity index (χ4v) is 1.49. The molecule has 1 heterocycles. The van der Waals surface area contributed by atoms with Gasteiger partial charge in [-0.25, -0.2) is 4.98 Å². The Balaban J connectivity index is 2.24. The highest BCUT2D eigenvalue weighted by molar-refractivity contribution is 7.96. The van der Waals surface area contributed by atoms with E-state index in [1.165, 1.54) is 0 Å². The number of rotatable bonds is 2. The first-order valence-corrected chi connectivity index (χ1v) is 4.97. The lowest BCUT2D eigenvalue weighted by molar-refractivity contribution is 0.232. The second-order valence-corrected chi connectivity index (χ2v) is 3.78. The van der Waals surface area contributed by atoms with Crippen molar-refractivity contribution < 1.29 is 4.79 Å². The molecule has 1 N–H and O–H groups in total. The van der Waals surface area contributed by atoms with E-state index in [0.717, 1.165) is 16.6 Å². The summed E-state index contributed by atoms with van der Waals surface area (Å²) in [6.07, 6.45) is 1.65. The molecule has 1 aromatic heterocycles. The van der Waals surface area contributed by atoms with Gasteiger partial charge in [-0.2, -0.15) is 0 Å². The van der Waals surface area contributed by atoms with Crippen molar-refractivity contribution in [2.75, 3.05) is 7.05 Å². The zero-order valence-corrected chi connectivity index (χ0v) is 9.16. The Morgan fingerprint density at radius 1 is 1.60 bits per heavy atom. The molecule has 0 spiro atoms. The molecule has 0 aliphatic carbocycles. The molecule has 0 fully saturated rings. The summed E-state index contributed by atoms with van der Waals surface area (Å²) in [4.78, 5) is 19.6. The number of thiol groups is 1. The van der Waals surface area contributed by atoms with Gasteiger partial charge < -0.3 is 9.88 Å². The minimum atomic E-state index is -0.236. The molecule has 0 radical (unpaired) electrons. The van der Waals surface area contributed by atoms with Crippen molar-refractivity contribution in [2.45, 2.75) is 6.54 Å². The van der Waals surface area contributed by atoms with Gasteiger partial charge in [0.25, 0.3) is 5.24 Å². The third-order valence-corrected chi connectivity index (χ3v) is 2.57. The van der Waals surface area contributed by atoms with E-state index in [2.05, 4.69) is 22.6 Å². The van der Waals surface area contributed by atoms with Crippen molar-refractivity contribution in [3.63, 3.8) is 0 Å². The van der Waals surface area contributed by atoms with Gasteiger partial charge >= 0.3 is 0 Å². The Kier molecular flexibility index (Phi) is 2.64. The third-order valence-electron chi connectivity index (χ3n) is 2.23. The number of fused-ring (bicyclic) bond motifs is 1. The molecule has 0 aliphatic rings. The van der Waals surface area contributed by atoms with Crippen LogP contribution in [0.4, 0.5) is 4.79 Å². The summed E-state index contributed by atoms with van der Waals surface area (Å²) in [7, 11) is 1.71. The molecule has 5 heteroatoms. The largest absolute Gasteiger partial charge is 0.345 e. The number of H-pyrrole nitrogens is 1. The van der Waals surface area contributed by atoms with Crippen LogP contribution >= 0.6 is 12.6 Å². The van der Waals surface area contributed by atoms with E-state index in [9.17, 15) is 4.79 Å². The van der Waals surface area contributed by atoms with Crippen molar-refractivity contribution in [1.29, 1.82) is 0 Å². The lowest BCUT2D eigenvalue weighted by atomic mass is 10.2. The van der Waals surface area contributed by atoms with Crippen LogP contribution in [0.15, 0.2) is 24.5 Å². The minimum absolute atomic E-state index is 0.236. The number of hydrogen-bond donors (Lipinski definition) is 2. The maximum atomic E-state index is 10.9. The summed E-state index contributed by atoms with van der Waals surface area (Å²) in [5.74, 6) is 0. The Morgan fingerprint density at radius 2 is 2.40 bits per heavy atom. The van der Waals surface area contributed by atoms with Crippen LogP contribution in [0, 0.1) is 0 Å². The number of benzene rings is 1. The van der Waals surface area contributed by atoms with Crippen LogP contribution in [0.1, 0.15) is 5.56 Å². The second-order valence-electron chi connectivity index (χ2n) is 3.39. The van der Waals surface area contributed by atoms with Crippen LogP contribution < -0.4 is 0 Å². The van der Waals surface area contributed by atoms with Crippen molar-refractivity contribution in [3.05, 3.63) is 30.1 Å². The van der Waals surface area contributed by atoms with Gasteiger partial charge in [0.1, 0.15) is 0 Å². The van der Waals surface area contributed by atoms with E-state index < -0.39 is 0 Å². The molecule has 2 rings (SSSR count). The van der Waals surface area contributed by atoms with Crippen LogP contribution in [0.2, 0.25) is 0 Å². The molecule has 0 saturated heterocycles. The standard InChI is InChI=1S/C10H11N3OS/c1-13(10(14)15)5-7-2-3-8-9(4-7)12-6-11-8/h2-4,6H,5H2,1H3,(H,11,12)(H,14,15). The van der Waals surface area contributed by atoms with E-state index in [1.54, 1.807) is 18.3 Å². The third kappa shape index (κ3) is 2.12. The number of carbonyl (C=O) groups excluding carboxylic acids is 1. The SMILES string of the molecule is CN(Cc1ccc2nc[nH]c2c1)C(=O)S. The van der Waals surface area contributed by atoms with Crippen molar-refractivity contribution in [2.24, 2.45) is 0 Å². The van der Waals surface area contributed by atoms with Gasteiger partial charge in [-0.05, 0) is 17.7 Å². The number of aromatic nitrogens is 2. The van der Waals surface area contributed by atoms with E-state index in [1.807, 2.05) is 18.2 Å². The summed E-state index contributed by atoms with van der Waals surface area (Å²) >= 11 is 3.75. The Labute approximate surface area is 92.7 Å². The minimum Gasteiger partial charge on any atom is -0.345 e. The quantitative estimate of drug-likeness (QED) is 0.762. The molecule has 0 saturated carbocycles. The molecule has 0 unspecified atom stereocenters. The fraction of sp³-hybridized carbons (Fsp3) is 0.200. The summed E-state index contributed by atoms with van der Waals surface area (Å²) in [5, 5.41) is -0.236. The van der Waals surface area contributed by atoms with Crippen molar-refractivity contribution >= 4 is 28.9 Å². The summed E-state index contributed by atoms with van der Waals surface area (Å²) in [5.41, 5.74) is 2.96. The fourth-order valence-electron chi connectivity index (χ4n) is 1.42. The van der Waals surface area contributed by atoms with E-state index in [4.69, 9.17) is 0 Å². The smallest absolute Gasteiger partial charge is 0.278 e. The molecule has 0 aliphatic heterocycles. The maximum Gasteiger partial charge on any atom is 0.278 e. The summed E-state index contributed by atoms with van der Waals surface area (Å²) in [6.45, 7) is 0.553. The molecule has 0 atom stereocenters. The molecule has 2 aromatic rings. The molecule has 78 valence electrons. The highest BCUT2D eigenvalue weighted by Gasteiger charge is 2.05. The van der Waals surface area contributed by atoms with Gasteiger partial charge in [0.2, 0.25) is 0 Å². The number of nitrogens with one attached hydrogen (secondary N) is 1. The topological polar surface area (TPSA) is 49.0 Å². The van der Waals surface area contributed by atoms with Gasteiger partial charge in [-0.15, -0.1) is 0 Å². The molecular weight excluding hydrogens is 210 g/mol. The lowest BCUT2D eigenvalue weighted by Gasteiger charge is -2.13. The van der Waals surface area contributed by atoms with Crippen LogP contribution in [-0.4, -0.2) is 27.2 Å². The van der Waals surface area contributed by atoms with Crippen LogP contribution in [0.5, 0.6) is 0 Å². The Hall–Kier alpha value is -1.49. The first-order valence-electron chi connectivity index (χ1n) is 4.53. The zero-order valence-electron chi connectivity index (χ0n) is 8.27. The summed E-state index contributed by atoms with van der Waals surface area (Å²) < 4.78 is 0. The molecule has 1 aromatic carbocycles. The first kappa shape index (κ1) is 10.0. The van der Waals surface area contributed by atoms with Gasteiger partial charge in [0.05, 0.1) is 17.4 Å². The number of carbonyl (C=O) groups is 1. The number of amides is 1. The van der Waals surface area contributed by atoms with Gasteiger partial charge in [0.15, 0.2) is 0 Å². The predicted molar refractivity (Wildman–Crippen MR) is 61.9 cm³/mol. The molecule has 4 nitrogen and oxygen atoms in total. The maximum absolute atomic E-state index is 10.9. The van der Waals surface area contributed by atoms with E-state index in [-0.39, 0.29) is 5.24 Å². The average molecular weight is 221 g/mol. The zero-order chi connectivity index (χ0) is 10.8. The number of nitrogens with zero attached hydrogens (tertiary/aromatic N) is 2. The monoisotopic (exact) mass is 221 g/mol. The number of imidazole rings is 1.